The Morgan fingerprint density at radius 3 is 1.38 bits per heavy atom. The maximum Gasteiger partial charge on any atom is 0.359 e. The first-order chi connectivity index (χ1) is 24.0. The standard InChI is InChI=1S/C20H20N2O3.C14H9NO2.C6H13NO2.2ClH/c1-4-22(2,3)12-17(23)21-16-11-7-10-15-18(16)20(25)14-9-6-5-8-13(14)19(15)24;15-11-7-3-6-10-12(11)14(17)9-5-2-1-4-8(9)13(10)16;1-4-7(2,3)5-6(8)9;;/h5-11H,4,12H2,1-3H3;1-7H,15H2;4-5H2,1-3H3;2*1H. The van der Waals surface area contributed by atoms with E-state index in [0.29, 0.717) is 65.8 Å². The summed E-state index contributed by atoms with van der Waals surface area (Å²) in [6.45, 7) is 6.15. The Hall–Kier alpha value is -5.20. The van der Waals surface area contributed by atoms with E-state index in [-0.39, 0.29) is 66.0 Å². The van der Waals surface area contributed by atoms with Crippen LogP contribution < -0.4 is 35.9 Å². The van der Waals surface area contributed by atoms with Gasteiger partial charge in [-0.05, 0) is 26.0 Å². The van der Waals surface area contributed by atoms with Gasteiger partial charge in [-0.3, -0.25) is 24.0 Å². The molecule has 6 rings (SSSR count). The number of benzene rings is 4. The van der Waals surface area contributed by atoms with Gasteiger partial charge in [0.05, 0.1) is 58.1 Å². The van der Waals surface area contributed by atoms with Crippen LogP contribution in [0.25, 0.3) is 0 Å². The van der Waals surface area contributed by atoms with Crippen LogP contribution in [-0.2, 0) is 9.59 Å². The Bertz CT molecular complexity index is 2060. The number of carbonyl (C=O) groups is 6. The first kappa shape index (κ1) is 44.0. The van der Waals surface area contributed by atoms with Crippen LogP contribution in [0.3, 0.4) is 0 Å². The molecule has 0 bridgehead atoms. The first-order valence-corrected chi connectivity index (χ1v) is 16.6. The van der Waals surface area contributed by atoms with Crippen LogP contribution in [0.1, 0.15) is 77.5 Å². The molecule has 0 aliphatic heterocycles. The van der Waals surface area contributed by atoms with Crippen LogP contribution in [0.5, 0.6) is 0 Å². The van der Waals surface area contributed by atoms with Crippen LogP contribution in [0.4, 0.5) is 11.4 Å². The molecule has 280 valence electrons. The number of nitrogen functional groups attached to an aromatic ring is 1. The van der Waals surface area contributed by atoms with Gasteiger partial charge in [-0.1, -0.05) is 72.8 Å². The van der Waals surface area contributed by atoms with Crippen LogP contribution in [0.15, 0.2) is 84.9 Å². The normalized spacial score (nSPS) is 12.4. The second-order valence-electron chi connectivity index (χ2n) is 13.7. The van der Waals surface area contributed by atoms with Gasteiger partial charge in [0.25, 0.3) is 5.91 Å². The smallest absolute Gasteiger partial charge is 0.359 e. The number of carboxylic acids is 1. The summed E-state index contributed by atoms with van der Waals surface area (Å²) in [6.07, 6.45) is 0. The lowest BCUT2D eigenvalue weighted by Gasteiger charge is -2.27. The van der Waals surface area contributed by atoms with E-state index < -0.39 is 5.97 Å². The maximum atomic E-state index is 12.9. The molecule has 2 aliphatic rings. The summed E-state index contributed by atoms with van der Waals surface area (Å²) in [7, 11) is 7.72. The molecule has 0 fully saturated rings. The van der Waals surface area contributed by atoms with Crippen molar-refractivity contribution in [3.8, 4) is 0 Å². The van der Waals surface area contributed by atoms with E-state index in [2.05, 4.69) is 5.32 Å². The van der Waals surface area contributed by atoms with Gasteiger partial charge in [-0.2, -0.15) is 0 Å². The number of fused-ring (bicyclic) bond motifs is 4. The largest absolute Gasteiger partial charge is 1.00 e. The summed E-state index contributed by atoms with van der Waals surface area (Å²) in [5.41, 5.74) is 9.55. The highest BCUT2D eigenvalue weighted by atomic mass is 35.5. The van der Waals surface area contributed by atoms with Gasteiger partial charge in [0.2, 0.25) is 0 Å². The highest BCUT2D eigenvalue weighted by molar-refractivity contribution is 6.31. The van der Waals surface area contributed by atoms with E-state index in [1.807, 2.05) is 42.0 Å². The number of nitrogens with one attached hydrogen (secondary N) is 1. The second kappa shape index (κ2) is 18.0. The predicted molar refractivity (Wildman–Crippen MR) is 195 cm³/mol. The van der Waals surface area contributed by atoms with E-state index in [1.54, 1.807) is 84.9 Å². The Morgan fingerprint density at radius 1 is 0.566 bits per heavy atom. The van der Waals surface area contributed by atoms with Crippen molar-refractivity contribution < 1.29 is 67.7 Å². The molecular formula is C40H44Cl2N4O7. The highest BCUT2D eigenvalue weighted by Gasteiger charge is 2.33. The number of hydrogen-bond donors (Lipinski definition) is 3. The van der Waals surface area contributed by atoms with Gasteiger partial charge in [0, 0.05) is 39.1 Å². The Morgan fingerprint density at radius 2 is 0.943 bits per heavy atom. The molecule has 1 amide bonds. The molecule has 0 spiro atoms. The molecule has 4 aromatic carbocycles. The number of halogens is 2. The van der Waals surface area contributed by atoms with Gasteiger partial charge in [0.15, 0.2) is 36.2 Å². The van der Waals surface area contributed by atoms with E-state index >= 15 is 0 Å². The fourth-order valence-corrected chi connectivity index (χ4v) is 5.59. The highest BCUT2D eigenvalue weighted by Crippen LogP contribution is 2.32. The minimum absolute atomic E-state index is 0. The van der Waals surface area contributed by atoms with Gasteiger partial charge in [0.1, 0.15) is 0 Å². The van der Waals surface area contributed by atoms with Crippen LogP contribution in [-0.4, -0.2) is 103 Å². The number of carbonyl (C=O) groups excluding carboxylic acids is 5. The van der Waals surface area contributed by atoms with Crippen molar-refractivity contribution >= 4 is 46.4 Å². The van der Waals surface area contributed by atoms with E-state index in [0.717, 1.165) is 13.1 Å². The van der Waals surface area contributed by atoms with Crippen molar-refractivity contribution in [2.75, 3.05) is 65.4 Å². The summed E-state index contributed by atoms with van der Waals surface area (Å²) < 4.78 is 1.09. The molecule has 2 aliphatic carbocycles. The summed E-state index contributed by atoms with van der Waals surface area (Å²) >= 11 is 0. The van der Waals surface area contributed by atoms with Crippen molar-refractivity contribution in [2.45, 2.75) is 13.8 Å². The second-order valence-corrected chi connectivity index (χ2v) is 13.7. The lowest BCUT2D eigenvalue weighted by atomic mass is 9.83. The summed E-state index contributed by atoms with van der Waals surface area (Å²) in [5, 5.41) is 11.2. The Kier molecular flexibility index (Phi) is 15.0. The van der Waals surface area contributed by atoms with Gasteiger partial charge in [-0.15, -0.1) is 0 Å². The van der Waals surface area contributed by atoms with E-state index in [1.165, 1.54) is 0 Å². The molecule has 0 saturated heterocycles. The average molecular weight is 764 g/mol. The molecule has 13 heteroatoms. The molecule has 0 radical (unpaired) electrons. The molecule has 4 aromatic rings. The van der Waals surface area contributed by atoms with Crippen LogP contribution >= 0.6 is 0 Å². The zero-order chi connectivity index (χ0) is 37.7. The number of amides is 1. The number of quaternary nitrogens is 2. The number of likely N-dealkylation sites (N-methyl/N-ethyl adjacent to an activating group) is 2. The van der Waals surface area contributed by atoms with Crippen molar-refractivity contribution in [3.63, 3.8) is 0 Å². The quantitative estimate of drug-likeness (QED) is 0.134. The van der Waals surface area contributed by atoms with E-state index in [9.17, 15) is 28.8 Å². The van der Waals surface area contributed by atoms with Crippen molar-refractivity contribution in [1.82, 2.24) is 0 Å². The molecule has 0 atom stereocenters. The predicted octanol–water partition coefficient (Wildman–Crippen LogP) is -1.28. The minimum atomic E-state index is -0.734. The lowest BCUT2D eigenvalue weighted by molar-refractivity contribution is -0.881. The van der Waals surface area contributed by atoms with Crippen molar-refractivity contribution in [2.24, 2.45) is 0 Å². The molecule has 53 heavy (non-hydrogen) atoms. The number of hydrogen-bond acceptors (Lipinski definition) is 7. The third-order valence-electron chi connectivity index (χ3n) is 9.06. The minimum Gasteiger partial charge on any atom is -1.00 e. The summed E-state index contributed by atoms with van der Waals surface area (Å²) in [4.78, 5) is 72.6. The molecule has 11 nitrogen and oxygen atoms in total. The van der Waals surface area contributed by atoms with Crippen molar-refractivity contribution in [1.29, 1.82) is 0 Å². The van der Waals surface area contributed by atoms with Crippen LogP contribution in [0, 0.1) is 0 Å². The SMILES string of the molecule is CC[N+](C)(C)CC(=O)Nc1cccc2c1C(=O)c1ccccc1C2=O.CC[N+](C)(C)CC(=O)O.Nc1cccc2c1C(=O)c1ccccc1C2=O.[Cl-].[Cl-]. The monoisotopic (exact) mass is 762 g/mol. The number of rotatable bonds is 7. The van der Waals surface area contributed by atoms with Crippen LogP contribution in [0.2, 0.25) is 0 Å². The summed E-state index contributed by atoms with van der Waals surface area (Å²) in [5.74, 6) is -1.65. The third kappa shape index (κ3) is 10.0. The molecule has 0 heterocycles. The molecule has 0 aromatic heterocycles. The van der Waals surface area contributed by atoms with Gasteiger partial charge in [-0.25, -0.2) is 4.79 Å². The Labute approximate surface area is 321 Å². The maximum absolute atomic E-state index is 12.9. The summed E-state index contributed by atoms with van der Waals surface area (Å²) in [6, 6.07) is 23.6. The van der Waals surface area contributed by atoms with Gasteiger partial charge >= 0.3 is 5.97 Å². The zero-order valence-electron chi connectivity index (χ0n) is 30.5. The topological polar surface area (TPSA) is 161 Å². The average Bonchev–Trinajstić information content (AvgIpc) is 3.09. The number of aliphatic carboxylic acids is 1. The lowest BCUT2D eigenvalue weighted by Crippen LogP contribution is -3.00. The van der Waals surface area contributed by atoms with Crippen molar-refractivity contribution in [3.05, 3.63) is 129 Å². The Balaban J connectivity index is 0.000000301. The fourth-order valence-electron chi connectivity index (χ4n) is 5.59. The number of ketones is 4. The first-order valence-electron chi connectivity index (χ1n) is 16.6. The number of nitrogens with zero attached hydrogens (tertiary/aromatic N) is 2. The fraction of sp³-hybridized carbons (Fsp3) is 0.250. The number of nitrogens with two attached hydrogens (primary N) is 1. The number of carboxylic acid groups (broad SMARTS) is 1. The third-order valence-corrected chi connectivity index (χ3v) is 9.06. The molecule has 0 unspecified atom stereocenters. The molecule has 4 N–H and O–H groups in total. The van der Waals surface area contributed by atoms with E-state index in [4.69, 9.17) is 10.8 Å². The van der Waals surface area contributed by atoms with Gasteiger partial charge < -0.3 is 49.9 Å². The zero-order valence-corrected chi connectivity index (χ0v) is 32.0. The molecular weight excluding hydrogens is 719 g/mol. The molecule has 0 saturated carbocycles. The number of anilines is 2.